The monoisotopic (exact) mass is 1230 g/mol. The number of nitrogens with zero attached hydrogens (tertiary/aromatic N) is 1. The van der Waals surface area contributed by atoms with Gasteiger partial charge in [-0.1, -0.05) is 258 Å². The Bertz CT molecular complexity index is 1780. The van der Waals surface area contributed by atoms with E-state index in [9.17, 15) is 14.2 Å². The van der Waals surface area contributed by atoms with Gasteiger partial charge in [0.2, 0.25) is 0 Å². The van der Waals surface area contributed by atoms with Crippen molar-refractivity contribution >= 4 is 43.2 Å². The molecule has 12 heteroatoms. The van der Waals surface area contributed by atoms with Crippen LogP contribution in [0.15, 0.2) is 48.5 Å². The number of likely N-dealkylation sites (N-methyl/N-ethyl adjacent to an activating group) is 1. The molecule has 0 aliphatic rings. The molecule has 2 aromatic rings. The van der Waals surface area contributed by atoms with Crippen LogP contribution in [-0.4, -0.2) is 92.5 Å². The van der Waals surface area contributed by atoms with E-state index in [1.807, 2.05) is 14.1 Å². The molecule has 4 unspecified atom stereocenters. The predicted molar refractivity (Wildman–Crippen MR) is 367 cm³/mol. The van der Waals surface area contributed by atoms with Gasteiger partial charge in [0.25, 0.3) is 0 Å². The number of nitrogens with one attached hydrogen (secondary N) is 1. The van der Waals surface area contributed by atoms with Crippen LogP contribution >= 0.6 is 31.3 Å². The van der Waals surface area contributed by atoms with Crippen molar-refractivity contribution in [3.63, 3.8) is 0 Å². The van der Waals surface area contributed by atoms with Gasteiger partial charge >= 0.3 is 19.7 Å². The Balaban J connectivity index is 1.62. The van der Waals surface area contributed by atoms with E-state index in [1.54, 1.807) is 0 Å². The summed E-state index contributed by atoms with van der Waals surface area (Å²) in [5.74, 6) is 3.26. The largest absolute Gasteiger partial charge is 0.466 e. The van der Waals surface area contributed by atoms with Crippen LogP contribution in [0.5, 0.6) is 0 Å². The molecule has 0 spiro atoms. The number of hydrogen-bond donors (Lipinski definition) is 1. The molecule has 0 amide bonds. The van der Waals surface area contributed by atoms with E-state index in [2.05, 4.69) is 137 Å². The summed E-state index contributed by atoms with van der Waals surface area (Å²) in [7, 11) is 0.682. The number of esters is 2. The number of hydrogen-bond acceptors (Lipinski definition) is 10. The highest BCUT2D eigenvalue weighted by atomic mass is 32.2. The van der Waals surface area contributed by atoms with Crippen molar-refractivity contribution in [2.75, 3.05) is 65.1 Å². The number of carbonyl (C=O) groups excluding carboxylic acids is 2. The van der Waals surface area contributed by atoms with Crippen LogP contribution < -0.4 is 5.09 Å². The molecule has 4 atom stereocenters. The smallest absolute Gasteiger partial charge is 0.405 e. The standard InChI is InChI=1S/C72H129N2O7PS2/c1-11-13-15-17-25-31-39-69(83-57-37-53-78-71(75)59-63(7)67-47-43-65(44-48-67)61(3)4)41-33-27-21-19-23-29-35-55-80-82(77,73-51-52-74(9)10)81-56-36-30-24-20-22-28-34-42-70(40-32-26-18-16-14-12-2)84-58-38-54-79-72(76)60-64(8)68-49-45-66(46-50-68)62(5)6/h43-50,61-64,69-70H,11-42,51-60H2,1-10H3,(H,73,77). The van der Waals surface area contributed by atoms with Gasteiger partial charge in [0, 0.05) is 23.6 Å². The maximum absolute atomic E-state index is 13.8. The van der Waals surface area contributed by atoms with Gasteiger partial charge in [-0.2, -0.15) is 23.5 Å². The summed E-state index contributed by atoms with van der Waals surface area (Å²) in [6.45, 7) is 20.9. The molecule has 2 aromatic carbocycles. The van der Waals surface area contributed by atoms with E-state index in [-0.39, 0.29) is 23.8 Å². The molecule has 0 aromatic heterocycles. The van der Waals surface area contributed by atoms with Crippen LogP contribution in [0.25, 0.3) is 0 Å². The first-order valence-corrected chi connectivity index (χ1v) is 38.3. The summed E-state index contributed by atoms with van der Waals surface area (Å²) in [4.78, 5) is 27.4. The lowest BCUT2D eigenvalue weighted by atomic mass is 9.94. The summed E-state index contributed by atoms with van der Waals surface area (Å²) in [6, 6.07) is 17.4. The van der Waals surface area contributed by atoms with Crippen molar-refractivity contribution in [1.82, 2.24) is 9.99 Å². The third-order valence-electron chi connectivity index (χ3n) is 16.6. The number of ether oxygens (including phenoxy) is 2. The zero-order chi connectivity index (χ0) is 61.3. The lowest BCUT2D eigenvalue weighted by Crippen LogP contribution is -2.26. The van der Waals surface area contributed by atoms with E-state index in [0.717, 1.165) is 56.6 Å². The first-order valence-electron chi connectivity index (χ1n) is 34.7. The molecule has 0 radical (unpaired) electrons. The minimum atomic E-state index is -3.37. The Morgan fingerprint density at radius 3 is 1.07 bits per heavy atom. The fraction of sp³-hybridized carbons (Fsp3) is 0.806. The average molecular weight is 1230 g/mol. The second kappa shape index (κ2) is 52.0. The fourth-order valence-electron chi connectivity index (χ4n) is 10.8. The molecular formula is C72H129N2O7PS2. The zero-order valence-electron chi connectivity index (χ0n) is 55.9. The molecule has 0 heterocycles. The van der Waals surface area contributed by atoms with Gasteiger partial charge in [-0.3, -0.25) is 18.6 Å². The molecule has 0 saturated heterocycles. The minimum Gasteiger partial charge on any atom is -0.466 e. The average Bonchev–Trinajstić information content (AvgIpc) is 3.68. The summed E-state index contributed by atoms with van der Waals surface area (Å²) in [5.41, 5.74) is 5.06. The Kier molecular flexibility index (Phi) is 48.4. The van der Waals surface area contributed by atoms with Crippen LogP contribution in [0.4, 0.5) is 0 Å². The maximum Gasteiger partial charge on any atom is 0.405 e. The highest BCUT2D eigenvalue weighted by Gasteiger charge is 2.24. The number of rotatable bonds is 58. The summed E-state index contributed by atoms with van der Waals surface area (Å²) >= 11 is 4.21. The van der Waals surface area contributed by atoms with Gasteiger partial charge in [-0.05, 0) is 123 Å². The molecule has 0 aliphatic carbocycles. The molecule has 1 N–H and O–H groups in total. The molecule has 84 heavy (non-hydrogen) atoms. The molecule has 0 aliphatic heterocycles. The van der Waals surface area contributed by atoms with E-state index in [1.165, 1.54) is 189 Å². The van der Waals surface area contributed by atoms with Crippen LogP contribution in [0.2, 0.25) is 0 Å². The minimum absolute atomic E-state index is 0.0856. The molecule has 486 valence electrons. The lowest BCUT2D eigenvalue weighted by Gasteiger charge is -2.20. The van der Waals surface area contributed by atoms with E-state index in [4.69, 9.17) is 18.5 Å². The van der Waals surface area contributed by atoms with Crippen LogP contribution in [0.3, 0.4) is 0 Å². The first kappa shape index (κ1) is 78.2. The molecule has 2 rings (SSSR count). The van der Waals surface area contributed by atoms with Gasteiger partial charge in [0.15, 0.2) is 0 Å². The maximum atomic E-state index is 13.8. The number of benzene rings is 2. The molecular weight excluding hydrogens is 1100 g/mol. The van der Waals surface area contributed by atoms with E-state index in [0.29, 0.717) is 68.1 Å². The van der Waals surface area contributed by atoms with Crippen LogP contribution in [0, 0.1) is 0 Å². The molecule has 0 bridgehead atoms. The van der Waals surface area contributed by atoms with Crippen molar-refractivity contribution in [2.24, 2.45) is 0 Å². The Labute approximate surface area is 526 Å². The number of thioether (sulfide) groups is 2. The Morgan fingerprint density at radius 1 is 0.440 bits per heavy atom. The van der Waals surface area contributed by atoms with Gasteiger partial charge in [0.1, 0.15) is 0 Å². The topological polar surface area (TPSA) is 103 Å². The molecule has 0 fully saturated rings. The number of carbonyl (C=O) groups is 2. The summed E-state index contributed by atoms with van der Waals surface area (Å²) in [6.07, 6.45) is 40.2. The van der Waals surface area contributed by atoms with E-state index < -0.39 is 7.75 Å². The zero-order valence-corrected chi connectivity index (χ0v) is 58.4. The van der Waals surface area contributed by atoms with Gasteiger partial charge in [-0.25, -0.2) is 9.65 Å². The van der Waals surface area contributed by atoms with Gasteiger partial charge in [-0.15, -0.1) is 0 Å². The Hall–Kier alpha value is -1.85. The summed E-state index contributed by atoms with van der Waals surface area (Å²) < 4.78 is 37.2. The number of unbranched alkanes of at least 4 members (excludes halogenated alkanes) is 22. The highest BCUT2D eigenvalue weighted by molar-refractivity contribution is 8.00. The van der Waals surface area contributed by atoms with E-state index >= 15 is 0 Å². The third-order valence-corrected chi connectivity index (χ3v) is 21.2. The normalized spacial score (nSPS) is 14.1. The first-order chi connectivity index (χ1) is 40.7. The van der Waals surface area contributed by atoms with Gasteiger partial charge < -0.3 is 14.4 Å². The predicted octanol–water partition coefficient (Wildman–Crippen LogP) is 21.7. The second-order valence-corrected chi connectivity index (χ2v) is 30.1. The van der Waals surface area contributed by atoms with Crippen LogP contribution in [0.1, 0.15) is 320 Å². The third kappa shape index (κ3) is 42.1. The summed E-state index contributed by atoms with van der Waals surface area (Å²) in [5, 5.41) is 4.52. The molecule has 0 saturated carbocycles. The highest BCUT2D eigenvalue weighted by Crippen LogP contribution is 2.44. The molecule has 9 nitrogen and oxygen atoms in total. The van der Waals surface area contributed by atoms with Gasteiger partial charge in [0.05, 0.1) is 39.3 Å². The van der Waals surface area contributed by atoms with Crippen molar-refractivity contribution in [3.05, 3.63) is 70.8 Å². The quantitative estimate of drug-likeness (QED) is 0.0389. The lowest BCUT2D eigenvalue weighted by molar-refractivity contribution is -0.144. The Morgan fingerprint density at radius 2 is 0.750 bits per heavy atom. The van der Waals surface area contributed by atoms with Crippen molar-refractivity contribution in [3.8, 4) is 0 Å². The SMILES string of the molecule is CCCCCCCCC(CCCCCCCCCOP(=O)(NCCN(C)C)OCCCCCCCCCC(CCCCCCCC)SCCCOC(=O)CC(C)c1ccc(C(C)C)cc1)SCCCOC(=O)CC(C)c1ccc(C(C)C)cc1. The second-order valence-electron chi connectivity index (χ2n) is 25.5. The van der Waals surface area contributed by atoms with Crippen molar-refractivity contribution in [2.45, 2.75) is 308 Å². The fourth-order valence-corrected chi connectivity index (χ4v) is 14.8. The van der Waals surface area contributed by atoms with Crippen molar-refractivity contribution in [1.29, 1.82) is 0 Å². The van der Waals surface area contributed by atoms with Crippen LogP contribution in [-0.2, 0) is 32.7 Å². The van der Waals surface area contributed by atoms with Crippen molar-refractivity contribution < 1.29 is 32.7 Å².